The fraction of sp³-hybridized carbons (Fsp3) is 0.672. The lowest BCUT2D eigenvalue weighted by atomic mass is 9.96. The molecule has 0 saturated carbocycles. The summed E-state index contributed by atoms with van der Waals surface area (Å²) in [7, 11) is 0. The number of aliphatic carboxylic acids is 1. The summed E-state index contributed by atoms with van der Waals surface area (Å²) < 4.78 is 0. The number of unbranched alkanes of at least 4 members (excludes halogenated alkanes) is 1. The van der Waals surface area contributed by atoms with E-state index in [4.69, 9.17) is 45.9 Å². The quantitative estimate of drug-likeness (QED) is 0.0172. The van der Waals surface area contributed by atoms with Crippen molar-refractivity contribution in [1.29, 1.82) is 0 Å². The second-order valence-electron chi connectivity index (χ2n) is 23.2. The van der Waals surface area contributed by atoms with Gasteiger partial charge in [0.2, 0.25) is 53.2 Å². The van der Waals surface area contributed by atoms with Crippen molar-refractivity contribution in [3.05, 3.63) is 35.9 Å². The number of amides is 9. The largest absolute Gasteiger partial charge is 0.480 e. The number of nitrogens with zero attached hydrogens (tertiary/aromatic N) is 4. The highest BCUT2D eigenvalue weighted by molar-refractivity contribution is 5.99. The Morgan fingerprint density at radius 3 is 1.46 bits per heavy atom. The Hall–Kier alpha value is -8.35. The molecule has 89 heavy (non-hydrogen) atoms. The van der Waals surface area contributed by atoms with E-state index in [2.05, 4.69) is 57.5 Å². The van der Waals surface area contributed by atoms with Gasteiger partial charge in [-0.3, -0.25) is 58.1 Å². The number of nitrogens with two attached hydrogens (primary N) is 8. The number of carbonyl (C=O) groups is 10. The fourth-order valence-electron chi connectivity index (χ4n) is 9.85. The molecule has 1 aromatic rings. The summed E-state index contributed by atoms with van der Waals surface area (Å²) in [5, 5.41) is 31.6. The van der Waals surface area contributed by atoms with Crippen LogP contribution >= 0.6 is 0 Å². The molecule has 1 fully saturated rings. The molecule has 0 aliphatic carbocycles. The zero-order chi connectivity index (χ0) is 66.8. The van der Waals surface area contributed by atoms with Crippen LogP contribution in [0.5, 0.6) is 0 Å². The fourth-order valence-corrected chi connectivity index (χ4v) is 9.85. The predicted molar refractivity (Wildman–Crippen MR) is 338 cm³/mol. The molecule has 31 heteroatoms. The van der Waals surface area contributed by atoms with Gasteiger partial charge in [0.15, 0.2) is 17.9 Å². The summed E-state index contributed by atoms with van der Waals surface area (Å²) in [5.74, 6) is -9.30. The Morgan fingerprint density at radius 1 is 0.539 bits per heavy atom. The standard InChI is InChI=1S/C58H102N20O11/c1-7-35(6)46(53(86)74-40(22-15-27-69-58(65)66)54(87)78-28-16-23-44(78)52(85)73-37(19-11-12-24-59)48(81)76-43(55(88)89)30-34(4)5)77-49(82)39(21-14-26-68-57(63)64)71-47(80)38(20-13-25-67-56(61)62)72-50(83)41(29-33(2)3)75-51(84)42(70-45(79)32-60)31-36-17-9-8-10-18-36/h8-10,17-18,33-35,37-44,46H,7,11-16,19-32,59-60H2,1-6H3,(H,70,79)(H,71,80)(H,72,83)(H,73,85)(H,74,86)(H,75,84)(H,76,81)(H,77,82)(H,88,89)(H4,61,62,67)(H4,63,64,68)(H4,65,66,69)/t35-,37-,38-,39-,40-,41-,42-,43-,44-,46-/m0/s1. The lowest BCUT2D eigenvalue weighted by molar-refractivity contribution is -0.144. The molecule has 0 bridgehead atoms. The molecule has 1 saturated heterocycles. The molecule has 500 valence electrons. The van der Waals surface area contributed by atoms with Crippen LogP contribution in [0.2, 0.25) is 0 Å². The lowest BCUT2D eigenvalue weighted by Gasteiger charge is -2.32. The second kappa shape index (κ2) is 41.0. The molecule has 25 N–H and O–H groups in total. The Labute approximate surface area is 521 Å². The van der Waals surface area contributed by atoms with Crippen molar-refractivity contribution in [2.45, 2.75) is 192 Å². The van der Waals surface area contributed by atoms with Crippen molar-refractivity contribution in [3.63, 3.8) is 0 Å². The van der Waals surface area contributed by atoms with E-state index in [0.29, 0.717) is 37.8 Å². The number of hydrogen-bond donors (Lipinski definition) is 17. The normalized spacial score (nSPS) is 15.8. The van der Waals surface area contributed by atoms with E-state index in [-0.39, 0.29) is 127 Å². The first-order valence-electron chi connectivity index (χ1n) is 30.7. The number of benzene rings is 1. The highest BCUT2D eigenvalue weighted by Crippen LogP contribution is 2.22. The molecule has 31 nitrogen and oxygen atoms in total. The molecule has 1 aliphatic rings. The van der Waals surface area contributed by atoms with Crippen LogP contribution in [0.1, 0.15) is 137 Å². The Balaban J connectivity index is 2.58. The molecule has 2 rings (SSSR count). The summed E-state index contributed by atoms with van der Waals surface area (Å²) in [6.07, 6.45) is 2.50. The van der Waals surface area contributed by atoms with Crippen LogP contribution in [0, 0.1) is 17.8 Å². The van der Waals surface area contributed by atoms with Gasteiger partial charge < -0.3 is 98.4 Å². The minimum Gasteiger partial charge on any atom is -0.480 e. The molecule has 0 radical (unpaired) electrons. The highest BCUT2D eigenvalue weighted by atomic mass is 16.4. The number of rotatable bonds is 42. The number of likely N-dealkylation sites (tertiary alicyclic amines) is 1. The topological polar surface area (TPSA) is 536 Å². The number of aliphatic imine (C=N–C) groups is 3. The smallest absolute Gasteiger partial charge is 0.326 e. The Bertz CT molecular complexity index is 2540. The predicted octanol–water partition coefficient (Wildman–Crippen LogP) is -3.43. The summed E-state index contributed by atoms with van der Waals surface area (Å²) >= 11 is 0. The first kappa shape index (κ1) is 76.7. The van der Waals surface area contributed by atoms with E-state index in [1.807, 2.05) is 27.7 Å². The Kier molecular flexibility index (Phi) is 35.3. The molecule has 9 amide bonds. The SMILES string of the molecule is CC[C@H](C)[C@H](NC(=O)[C@H](CCCN=C(N)N)NC(=O)[C@H](CCCN=C(N)N)NC(=O)[C@H](CC(C)C)NC(=O)[C@H](Cc1ccccc1)NC(=O)CN)C(=O)N[C@@H](CCCN=C(N)N)C(=O)N1CCC[C@H]1C(=O)N[C@@H](CCCCN)C(=O)N[C@@H](CC(C)C)C(=O)O. The van der Waals surface area contributed by atoms with Crippen LogP contribution in [0.4, 0.5) is 0 Å². The third kappa shape index (κ3) is 29.5. The van der Waals surface area contributed by atoms with Crippen molar-refractivity contribution in [3.8, 4) is 0 Å². The average Bonchev–Trinajstić information content (AvgIpc) is 3.94. The Morgan fingerprint density at radius 2 is 0.978 bits per heavy atom. The highest BCUT2D eigenvalue weighted by Gasteiger charge is 2.41. The van der Waals surface area contributed by atoms with Gasteiger partial charge in [-0.25, -0.2) is 4.79 Å². The minimum atomic E-state index is -1.41. The van der Waals surface area contributed by atoms with Crippen molar-refractivity contribution in [2.75, 3.05) is 39.3 Å². The number of guanidine groups is 3. The van der Waals surface area contributed by atoms with E-state index in [1.54, 1.807) is 44.2 Å². The molecule has 0 aromatic heterocycles. The van der Waals surface area contributed by atoms with Crippen LogP contribution in [-0.2, 0) is 54.4 Å². The van der Waals surface area contributed by atoms with Crippen LogP contribution in [0.15, 0.2) is 45.3 Å². The molecule has 1 heterocycles. The van der Waals surface area contributed by atoms with E-state index in [9.17, 15) is 53.1 Å². The molecular formula is C58H102N20O11. The van der Waals surface area contributed by atoms with Gasteiger partial charge in [-0.1, -0.05) is 78.3 Å². The van der Waals surface area contributed by atoms with Crippen LogP contribution in [0.25, 0.3) is 0 Å². The van der Waals surface area contributed by atoms with Gasteiger partial charge >= 0.3 is 5.97 Å². The monoisotopic (exact) mass is 1250 g/mol. The zero-order valence-electron chi connectivity index (χ0n) is 52.6. The van der Waals surface area contributed by atoms with Gasteiger partial charge in [0.05, 0.1) is 6.54 Å². The number of hydrogen-bond acceptors (Lipinski definition) is 15. The van der Waals surface area contributed by atoms with Crippen LogP contribution < -0.4 is 88.4 Å². The third-order valence-electron chi connectivity index (χ3n) is 14.7. The van der Waals surface area contributed by atoms with Crippen molar-refractivity contribution < 1.29 is 53.1 Å². The maximum Gasteiger partial charge on any atom is 0.326 e. The summed E-state index contributed by atoms with van der Waals surface area (Å²) in [6, 6.07) is -2.41. The van der Waals surface area contributed by atoms with Crippen molar-refractivity contribution in [1.82, 2.24) is 47.4 Å². The molecule has 10 atom stereocenters. The number of carboxylic acids is 1. The molecule has 1 aliphatic heterocycles. The first-order chi connectivity index (χ1) is 42.1. The zero-order valence-corrected chi connectivity index (χ0v) is 52.6. The maximum atomic E-state index is 14.8. The second-order valence-corrected chi connectivity index (χ2v) is 23.2. The van der Waals surface area contributed by atoms with Crippen LogP contribution in [-0.4, -0.2) is 181 Å². The van der Waals surface area contributed by atoms with Crippen molar-refractivity contribution in [2.24, 2.45) is 78.6 Å². The lowest BCUT2D eigenvalue weighted by Crippen LogP contribution is -2.61. The first-order valence-corrected chi connectivity index (χ1v) is 30.7. The summed E-state index contributed by atoms with van der Waals surface area (Å²) in [6.45, 7) is 10.8. The average molecular weight is 1260 g/mol. The van der Waals surface area contributed by atoms with Gasteiger partial charge in [-0.05, 0) is 113 Å². The minimum absolute atomic E-state index is 0.0221. The van der Waals surface area contributed by atoms with Gasteiger partial charge in [0.25, 0.3) is 0 Å². The van der Waals surface area contributed by atoms with Gasteiger partial charge in [0.1, 0.15) is 54.4 Å². The maximum absolute atomic E-state index is 14.8. The van der Waals surface area contributed by atoms with Gasteiger partial charge in [-0.2, -0.15) is 0 Å². The number of carbonyl (C=O) groups excluding carboxylic acids is 9. The number of carboxylic acid groups (broad SMARTS) is 1. The molecule has 1 aromatic carbocycles. The van der Waals surface area contributed by atoms with E-state index in [0.717, 1.165) is 0 Å². The van der Waals surface area contributed by atoms with Gasteiger partial charge in [-0.15, -0.1) is 0 Å². The van der Waals surface area contributed by atoms with E-state index in [1.165, 1.54) is 4.90 Å². The van der Waals surface area contributed by atoms with E-state index >= 15 is 0 Å². The summed E-state index contributed by atoms with van der Waals surface area (Å²) in [4.78, 5) is 153. The molecule has 0 unspecified atom stereocenters. The summed E-state index contributed by atoms with van der Waals surface area (Å²) in [5.41, 5.74) is 45.6. The molecular weight excluding hydrogens is 1150 g/mol. The van der Waals surface area contributed by atoms with Crippen LogP contribution in [0.3, 0.4) is 0 Å². The van der Waals surface area contributed by atoms with Gasteiger partial charge in [0, 0.05) is 32.6 Å². The molecule has 0 spiro atoms. The number of nitrogens with one attached hydrogen (secondary N) is 8. The third-order valence-corrected chi connectivity index (χ3v) is 14.7. The van der Waals surface area contributed by atoms with E-state index < -0.39 is 126 Å². The van der Waals surface area contributed by atoms with Crippen molar-refractivity contribution >= 4 is 77.0 Å².